The van der Waals surface area contributed by atoms with E-state index in [0.29, 0.717) is 11.1 Å². The molecule has 2 aromatic carbocycles. The predicted molar refractivity (Wildman–Crippen MR) is 70.2 cm³/mol. The molecule has 0 saturated carbocycles. The molecule has 0 aliphatic rings. The molecule has 0 aliphatic heterocycles. The van der Waals surface area contributed by atoms with E-state index in [1.807, 2.05) is 0 Å². The Morgan fingerprint density at radius 2 is 1.62 bits per heavy atom. The van der Waals surface area contributed by atoms with Gasteiger partial charge in [-0.2, -0.15) is 0 Å². The monoisotopic (exact) mass is 299 g/mol. The van der Waals surface area contributed by atoms with Crippen LogP contribution < -0.4 is 10.5 Å². The first-order valence-corrected chi connectivity index (χ1v) is 6.20. The van der Waals surface area contributed by atoms with Crippen LogP contribution >= 0.6 is 0 Å². The lowest BCUT2D eigenvalue weighted by Crippen LogP contribution is -2.17. The van der Waals surface area contributed by atoms with Crippen LogP contribution in [0.4, 0.5) is 17.6 Å². The standard InChI is InChI=1S/C15H13F4NO/c16-13-4-2-1-3-11(13)9-14(20)10-5-7-12(8-6-10)21-15(17,18)19/h1-8,14H,9,20H2. The van der Waals surface area contributed by atoms with Crippen molar-refractivity contribution < 1.29 is 22.3 Å². The highest BCUT2D eigenvalue weighted by Crippen LogP contribution is 2.25. The molecule has 0 saturated heterocycles. The summed E-state index contributed by atoms with van der Waals surface area (Å²) in [6.45, 7) is 0. The molecule has 0 amide bonds. The third-order valence-electron chi connectivity index (χ3n) is 2.94. The molecule has 21 heavy (non-hydrogen) atoms. The van der Waals surface area contributed by atoms with Crippen molar-refractivity contribution in [1.82, 2.24) is 0 Å². The van der Waals surface area contributed by atoms with Gasteiger partial charge in [-0.15, -0.1) is 13.2 Å². The lowest BCUT2D eigenvalue weighted by molar-refractivity contribution is -0.274. The fourth-order valence-electron chi connectivity index (χ4n) is 1.94. The summed E-state index contributed by atoms with van der Waals surface area (Å²) in [7, 11) is 0. The van der Waals surface area contributed by atoms with Gasteiger partial charge in [-0.05, 0) is 35.7 Å². The van der Waals surface area contributed by atoms with E-state index in [9.17, 15) is 17.6 Å². The normalized spacial score (nSPS) is 13.0. The second-order valence-electron chi connectivity index (χ2n) is 4.52. The van der Waals surface area contributed by atoms with Gasteiger partial charge in [-0.1, -0.05) is 30.3 Å². The smallest absolute Gasteiger partial charge is 0.406 e. The van der Waals surface area contributed by atoms with Gasteiger partial charge in [0.05, 0.1) is 0 Å². The third-order valence-corrected chi connectivity index (χ3v) is 2.94. The summed E-state index contributed by atoms with van der Waals surface area (Å²) in [5.74, 6) is -0.672. The SMILES string of the molecule is NC(Cc1ccccc1F)c1ccc(OC(F)(F)F)cc1. The average molecular weight is 299 g/mol. The Kier molecular flexibility index (Phi) is 4.47. The van der Waals surface area contributed by atoms with Crippen molar-refractivity contribution in [3.63, 3.8) is 0 Å². The molecule has 2 nitrogen and oxygen atoms in total. The number of ether oxygens (including phenoxy) is 1. The van der Waals surface area contributed by atoms with Gasteiger partial charge in [-0.25, -0.2) is 4.39 Å². The molecule has 112 valence electrons. The molecule has 2 rings (SSSR count). The van der Waals surface area contributed by atoms with E-state index < -0.39 is 12.4 Å². The molecule has 2 N–H and O–H groups in total. The van der Waals surface area contributed by atoms with Crippen LogP contribution in [-0.4, -0.2) is 6.36 Å². The Morgan fingerprint density at radius 1 is 1.00 bits per heavy atom. The van der Waals surface area contributed by atoms with Gasteiger partial charge in [0.25, 0.3) is 0 Å². The lowest BCUT2D eigenvalue weighted by atomic mass is 9.99. The Balaban J connectivity index is 2.06. The highest BCUT2D eigenvalue weighted by atomic mass is 19.4. The van der Waals surface area contributed by atoms with Crippen LogP contribution in [0.2, 0.25) is 0 Å². The molecule has 2 aromatic rings. The van der Waals surface area contributed by atoms with E-state index in [4.69, 9.17) is 5.73 Å². The minimum atomic E-state index is -4.73. The maximum absolute atomic E-state index is 13.5. The molecule has 6 heteroatoms. The molecule has 0 fully saturated rings. The zero-order valence-electron chi connectivity index (χ0n) is 10.9. The van der Waals surface area contributed by atoms with Crippen molar-refractivity contribution >= 4 is 0 Å². The molecule has 0 radical (unpaired) electrons. The minimum absolute atomic E-state index is 0.256. The second-order valence-corrected chi connectivity index (χ2v) is 4.52. The molecule has 1 unspecified atom stereocenters. The first-order valence-electron chi connectivity index (χ1n) is 6.20. The summed E-state index contributed by atoms with van der Waals surface area (Å²) in [5.41, 5.74) is 7.01. The zero-order valence-corrected chi connectivity index (χ0v) is 10.9. The second kappa shape index (κ2) is 6.13. The van der Waals surface area contributed by atoms with Crippen molar-refractivity contribution in [3.05, 3.63) is 65.5 Å². The van der Waals surface area contributed by atoms with Gasteiger partial charge < -0.3 is 10.5 Å². The molecule has 0 heterocycles. The molecule has 0 spiro atoms. The predicted octanol–water partition coefficient (Wildman–Crippen LogP) is 3.97. The van der Waals surface area contributed by atoms with Crippen LogP contribution in [0.5, 0.6) is 5.75 Å². The Hall–Kier alpha value is -2.08. The van der Waals surface area contributed by atoms with Crippen molar-refractivity contribution in [3.8, 4) is 5.75 Å². The topological polar surface area (TPSA) is 35.2 Å². The van der Waals surface area contributed by atoms with Crippen LogP contribution in [0, 0.1) is 5.82 Å². The molecule has 1 atom stereocenters. The van der Waals surface area contributed by atoms with Crippen LogP contribution in [0.3, 0.4) is 0 Å². The number of halogens is 4. The lowest BCUT2D eigenvalue weighted by Gasteiger charge is -2.14. The average Bonchev–Trinajstić information content (AvgIpc) is 2.40. The molecular weight excluding hydrogens is 286 g/mol. The van der Waals surface area contributed by atoms with Crippen molar-refractivity contribution in [2.75, 3.05) is 0 Å². The van der Waals surface area contributed by atoms with Gasteiger partial charge in [0.2, 0.25) is 0 Å². The van der Waals surface area contributed by atoms with Crippen LogP contribution in [0.1, 0.15) is 17.2 Å². The van der Waals surface area contributed by atoms with Gasteiger partial charge in [0.15, 0.2) is 0 Å². The van der Waals surface area contributed by atoms with Crippen LogP contribution in [-0.2, 0) is 6.42 Å². The minimum Gasteiger partial charge on any atom is -0.406 e. The number of nitrogens with two attached hydrogens (primary N) is 1. The van der Waals surface area contributed by atoms with E-state index in [1.165, 1.54) is 30.3 Å². The highest BCUT2D eigenvalue weighted by Gasteiger charge is 2.31. The first kappa shape index (κ1) is 15.3. The quantitative estimate of drug-likeness (QED) is 0.867. The maximum atomic E-state index is 13.5. The van der Waals surface area contributed by atoms with Crippen molar-refractivity contribution in [2.24, 2.45) is 5.73 Å². The molecule has 0 aliphatic carbocycles. The van der Waals surface area contributed by atoms with Crippen molar-refractivity contribution in [1.29, 1.82) is 0 Å². The summed E-state index contributed by atoms with van der Waals surface area (Å²) < 4.78 is 53.4. The number of alkyl halides is 3. The number of benzene rings is 2. The number of hydrogen-bond donors (Lipinski definition) is 1. The third kappa shape index (κ3) is 4.46. The summed E-state index contributed by atoms with van der Waals surface area (Å²) >= 11 is 0. The number of rotatable bonds is 4. The Bertz CT molecular complexity index is 595. The van der Waals surface area contributed by atoms with Gasteiger partial charge in [-0.3, -0.25) is 0 Å². The fourth-order valence-corrected chi connectivity index (χ4v) is 1.94. The van der Waals surface area contributed by atoms with Gasteiger partial charge >= 0.3 is 6.36 Å². The number of hydrogen-bond acceptors (Lipinski definition) is 2. The van der Waals surface area contributed by atoms with Gasteiger partial charge in [0.1, 0.15) is 11.6 Å². The fraction of sp³-hybridized carbons (Fsp3) is 0.200. The Morgan fingerprint density at radius 3 is 2.19 bits per heavy atom. The zero-order chi connectivity index (χ0) is 15.5. The highest BCUT2D eigenvalue weighted by molar-refractivity contribution is 5.30. The summed E-state index contributed by atoms with van der Waals surface area (Å²) in [6.07, 6.45) is -4.47. The largest absolute Gasteiger partial charge is 0.573 e. The van der Waals surface area contributed by atoms with E-state index in [0.717, 1.165) is 0 Å². The Labute approximate surface area is 119 Å². The molecule has 0 aromatic heterocycles. The van der Waals surface area contributed by atoms with Gasteiger partial charge in [0, 0.05) is 6.04 Å². The maximum Gasteiger partial charge on any atom is 0.573 e. The first-order chi connectivity index (χ1) is 9.85. The van der Waals surface area contributed by atoms with E-state index in [2.05, 4.69) is 4.74 Å². The summed E-state index contributed by atoms with van der Waals surface area (Å²) in [5, 5.41) is 0. The molecule has 0 bridgehead atoms. The summed E-state index contributed by atoms with van der Waals surface area (Å²) in [6, 6.07) is 11.0. The van der Waals surface area contributed by atoms with Crippen LogP contribution in [0.25, 0.3) is 0 Å². The van der Waals surface area contributed by atoms with E-state index >= 15 is 0 Å². The van der Waals surface area contributed by atoms with Crippen molar-refractivity contribution in [2.45, 2.75) is 18.8 Å². The van der Waals surface area contributed by atoms with Crippen LogP contribution in [0.15, 0.2) is 48.5 Å². The van der Waals surface area contributed by atoms with E-state index in [1.54, 1.807) is 18.2 Å². The molecular formula is C15H13F4NO. The summed E-state index contributed by atoms with van der Waals surface area (Å²) in [4.78, 5) is 0. The van der Waals surface area contributed by atoms with E-state index in [-0.39, 0.29) is 18.0 Å².